The van der Waals surface area contributed by atoms with E-state index in [1.165, 1.54) is 0 Å². The first kappa shape index (κ1) is 51.9. The molecule has 6 aromatic rings. The van der Waals surface area contributed by atoms with E-state index in [0.717, 1.165) is 32.0 Å². The summed E-state index contributed by atoms with van der Waals surface area (Å²) in [7, 11) is -8.22. The zero-order valence-corrected chi connectivity index (χ0v) is 42.1. The van der Waals surface area contributed by atoms with Crippen LogP contribution < -0.4 is 0 Å². The molecule has 6 atom stereocenters. The lowest BCUT2D eigenvalue weighted by atomic mass is 9.85. The van der Waals surface area contributed by atoms with Gasteiger partial charge in [0.2, 0.25) is 0 Å². The summed E-state index contributed by atoms with van der Waals surface area (Å²) < 4.78 is 58.6. The molecule has 0 radical (unpaired) electrons. The normalized spacial score (nSPS) is 15.6. The maximum Gasteiger partial charge on any atom is 0.187 e. The molecule has 68 heavy (non-hydrogen) atoms. The van der Waals surface area contributed by atoms with Gasteiger partial charge in [0.25, 0.3) is 0 Å². The van der Waals surface area contributed by atoms with Crippen molar-refractivity contribution in [1.82, 2.24) is 0 Å². The molecule has 6 rings (SSSR count). The summed E-state index contributed by atoms with van der Waals surface area (Å²) >= 11 is 3.31. The molecule has 6 nitrogen and oxygen atoms in total. The molecule has 0 spiro atoms. The van der Waals surface area contributed by atoms with Gasteiger partial charge >= 0.3 is 0 Å². The van der Waals surface area contributed by atoms with Gasteiger partial charge in [-0.15, -0.1) is 23.5 Å². The van der Waals surface area contributed by atoms with Crippen molar-refractivity contribution in [2.75, 3.05) is 12.5 Å². The Labute approximate surface area is 412 Å². The van der Waals surface area contributed by atoms with Crippen molar-refractivity contribution < 1.29 is 27.0 Å². The van der Waals surface area contributed by atoms with Crippen LogP contribution in [-0.2, 0) is 19.7 Å². The van der Waals surface area contributed by atoms with Crippen LogP contribution in [0.15, 0.2) is 237 Å². The molecule has 10 heteroatoms. The Morgan fingerprint density at radius 2 is 0.779 bits per heavy atom. The number of benzene rings is 6. The van der Waals surface area contributed by atoms with Gasteiger partial charge < -0.3 is 10.2 Å². The average molecular weight is 981 g/mol. The second-order valence-electron chi connectivity index (χ2n) is 16.6. The van der Waals surface area contributed by atoms with Gasteiger partial charge in [0.1, 0.15) is 10.5 Å². The van der Waals surface area contributed by atoms with E-state index in [0.29, 0.717) is 11.1 Å². The zero-order valence-electron chi connectivity index (χ0n) is 38.8. The third-order valence-electron chi connectivity index (χ3n) is 12.1. The highest BCUT2D eigenvalue weighted by Crippen LogP contribution is 2.37. The van der Waals surface area contributed by atoms with Crippen LogP contribution in [0.4, 0.5) is 0 Å². The Balaban J connectivity index is 1.34. The molecule has 0 saturated carbocycles. The van der Waals surface area contributed by atoms with Crippen LogP contribution >= 0.6 is 23.5 Å². The van der Waals surface area contributed by atoms with E-state index in [1.807, 2.05) is 158 Å². The molecular weight excluding hydrogens is 921 g/mol. The summed E-state index contributed by atoms with van der Waals surface area (Å²) in [6.07, 6.45) is 16.6. The molecule has 0 heterocycles. The van der Waals surface area contributed by atoms with Crippen molar-refractivity contribution in [2.24, 2.45) is 0 Å². The van der Waals surface area contributed by atoms with E-state index in [1.54, 1.807) is 110 Å². The Morgan fingerprint density at radius 1 is 0.471 bits per heavy atom. The summed E-state index contributed by atoms with van der Waals surface area (Å²) in [5, 5.41) is 22.5. The number of rotatable bonds is 22. The summed E-state index contributed by atoms with van der Waals surface area (Å²) in [4.78, 5) is 2.50. The first-order valence-corrected chi connectivity index (χ1v) is 28.1. The van der Waals surface area contributed by atoms with Crippen molar-refractivity contribution in [3.63, 3.8) is 0 Å². The summed E-state index contributed by atoms with van der Waals surface area (Å²) in [6, 6.07) is 51.4. The standard InChI is InChI=1S/C58H60O6S4/c1-43(21-19-23-45-35-39-49(65-3)40-36-45)57(67(61,62)51-29-13-7-14-30-51)55(59)53(47-25-9-5-10-26-47)33-17-18-34-54(48-27-11-6-12-28-48)56(60)58(68(63,64)52-31-15-8-16-32-52)44(2)22-20-24-46-37-41-50(66-4)42-38-46/h5-32,35-42,53-60H,33-34H2,1-4H3/b18-17+,23-19+,24-20+,43-21+,44-22+. The molecule has 0 aromatic heterocycles. The first-order chi connectivity index (χ1) is 32.8. The number of thioether (sulfide) groups is 2. The Kier molecular flexibility index (Phi) is 19.3. The predicted molar refractivity (Wildman–Crippen MR) is 286 cm³/mol. The highest BCUT2D eigenvalue weighted by Gasteiger charge is 2.41. The topological polar surface area (TPSA) is 109 Å². The molecule has 0 bridgehead atoms. The van der Waals surface area contributed by atoms with Crippen LogP contribution in [-0.4, -0.2) is 62.3 Å². The van der Waals surface area contributed by atoms with Gasteiger partial charge in [-0.05, 0) is 110 Å². The van der Waals surface area contributed by atoms with E-state index < -0.39 is 54.2 Å². The summed E-state index contributed by atoms with van der Waals surface area (Å²) in [5.41, 5.74) is 4.40. The number of hydrogen-bond acceptors (Lipinski definition) is 8. The van der Waals surface area contributed by atoms with Gasteiger partial charge in [-0.25, -0.2) is 16.8 Å². The molecule has 0 aliphatic heterocycles. The minimum Gasteiger partial charge on any atom is -0.391 e. The molecule has 0 fully saturated rings. The fourth-order valence-corrected chi connectivity index (χ4v) is 13.1. The van der Waals surface area contributed by atoms with Gasteiger partial charge in [-0.1, -0.05) is 181 Å². The maximum absolute atomic E-state index is 14.6. The van der Waals surface area contributed by atoms with E-state index in [4.69, 9.17) is 0 Å². The van der Waals surface area contributed by atoms with E-state index >= 15 is 0 Å². The smallest absolute Gasteiger partial charge is 0.187 e. The van der Waals surface area contributed by atoms with E-state index in [9.17, 15) is 27.0 Å². The van der Waals surface area contributed by atoms with E-state index in [-0.39, 0.29) is 22.6 Å². The lowest BCUT2D eigenvalue weighted by Gasteiger charge is -2.31. The molecule has 0 aliphatic carbocycles. The molecule has 6 unspecified atom stereocenters. The number of allylic oxidation sites excluding steroid dienone is 6. The zero-order chi connectivity index (χ0) is 48.5. The Hall–Kier alpha value is -5.46. The van der Waals surface area contributed by atoms with Gasteiger partial charge in [-0.3, -0.25) is 0 Å². The third kappa shape index (κ3) is 13.6. The van der Waals surface area contributed by atoms with Crippen molar-refractivity contribution >= 4 is 55.4 Å². The minimum atomic E-state index is -4.11. The molecule has 352 valence electrons. The van der Waals surface area contributed by atoms with Gasteiger partial charge in [0.15, 0.2) is 19.7 Å². The van der Waals surface area contributed by atoms with Crippen LogP contribution in [0.1, 0.15) is 60.8 Å². The summed E-state index contributed by atoms with van der Waals surface area (Å²) in [6.45, 7) is 3.49. The van der Waals surface area contributed by atoms with Gasteiger partial charge in [-0.2, -0.15) is 0 Å². The Morgan fingerprint density at radius 3 is 1.09 bits per heavy atom. The molecule has 0 amide bonds. The molecule has 6 aromatic carbocycles. The second kappa shape index (κ2) is 25.2. The quantitative estimate of drug-likeness (QED) is 0.0393. The SMILES string of the molecule is CSc1ccc(/C=C/C=C(\C)C(C(O)C(C/C=C/CC(c2ccccc2)C(O)C(/C(C)=C/C=C/c2ccc(SC)cc2)S(=O)(=O)c2ccccc2)c2ccccc2)S(=O)(=O)c2ccccc2)cc1. The first-order valence-electron chi connectivity index (χ1n) is 22.5. The predicted octanol–water partition coefficient (Wildman–Crippen LogP) is 13.1. The fraction of sp³-hybridized carbons (Fsp3) is 0.207. The highest BCUT2D eigenvalue weighted by atomic mass is 32.2. The van der Waals surface area contributed by atoms with Crippen molar-refractivity contribution in [3.8, 4) is 0 Å². The van der Waals surface area contributed by atoms with Crippen LogP contribution in [0.3, 0.4) is 0 Å². The highest BCUT2D eigenvalue weighted by molar-refractivity contribution is 7.98. The van der Waals surface area contributed by atoms with Gasteiger partial charge in [0.05, 0.1) is 22.0 Å². The van der Waals surface area contributed by atoms with Crippen LogP contribution in [0.25, 0.3) is 12.2 Å². The molecule has 2 N–H and O–H groups in total. The molecule has 0 aliphatic rings. The third-order valence-corrected chi connectivity index (χ3v) is 18.1. The lowest BCUT2D eigenvalue weighted by molar-refractivity contribution is 0.144. The second-order valence-corrected chi connectivity index (χ2v) is 22.5. The fourth-order valence-electron chi connectivity index (χ4n) is 8.40. The van der Waals surface area contributed by atoms with Crippen LogP contribution in [0.5, 0.6) is 0 Å². The number of aliphatic hydroxyl groups is 2. The molecule has 0 saturated heterocycles. The van der Waals surface area contributed by atoms with Crippen molar-refractivity contribution in [3.05, 3.63) is 240 Å². The Bertz CT molecular complexity index is 2680. The maximum atomic E-state index is 14.6. The van der Waals surface area contributed by atoms with Crippen molar-refractivity contribution in [1.29, 1.82) is 0 Å². The monoisotopic (exact) mass is 980 g/mol. The van der Waals surface area contributed by atoms with Gasteiger partial charge in [0, 0.05) is 21.6 Å². The van der Waals surface area contributed by atoms with E-state index in [2.05, 4.69) is 0 Å². The largest absolute Gasteiger partial charge is 0.391 e. The van der Waals surface area contributed by atoms with Crippen LogP contribution in [0.2, 0.25) is 0 Å². The number of hydrogen-bond donors (Lipinski definition) is 2. The van der Waals surface area contributed by atoms with Crippen LogP contribution in [0, 0.1) is 0 Å². The molecular formula is C58H60O6S4. The minimum absolute atomic E-state index is 0.111. The summed E-state index contributed by atoms with van der Waals surface area (Å²) in [5.74, 6) is -1.33. The number of sulfone groups is 2. The lowest BCUT2D eigenvalue weighted by Crippen LogP contribution is -2.39. The average Bonchev–Trinajstić information content (AvgIpc) is 3.36. The number of aliphatic hydroxyl groups excluding tert-OH is 2. The van der Waals surface area contributed by atoms with Crippen molar-refractivity contribution in [2.45, 2.75) is 80.8 Å².